The number of nitrogens with zero attached hydrogens (tertiary/aromatic N) is 1. The van der Waals surface area contributed by atoms with Crippen LogP contribution in [0.25, 0.3) is 0 Å². The molecule has 2 aromatic carbocycles. The Bertz CT molecular complexity index is 1150. The molecule has 2 aromatic rings. The number of rotatable bonds is 9. The summed E-state index contributed by atoms with van der Waals surface area (Å²) in [6.07, 6.45) is 1.53. The van der Waals surface area contributed by atoms with Crippen LogP contribution in [0.15, 0.2) is 66.4 Å². The van der Waals surface area contributed by atoms with E-state index in [1.54, 1.807) is 61.4 Å². The van der Waals surface area contributed by atoms with Gasteiger partial charge < -0.3 is 23.8 Å². The van der Waals surface area contributed by atoms with Gasteiger partial charge in [0, 0.05) is 23.6 Å². The summed E-state index contributed by atoms with van der Waals surface area (Å²) in [5.74, 6) is -0.590. The molecule has 184 valence electrons. The van der Waals surface area contributed by atoms with Crippen LogP contribution in [-0.4, -0.2) is 50.7 Å². The van der Waals surface area contributed by atoms with Crippen molar-refractivity contribution in [3.05, 3.63) is 83.1 Å². The predicted octanol–water partition coefficient (Wildman–Crippen LogP) is 4.01. The predicted molar refractivity (Wildman–Crippen MR) is 129 cm³/mol. The van der Waals surface area contributed by atoms with Crippen LogP contribution in [0.5, 0.6) is 11.5 Å². The first-order valence-electron chi connectivity index (χ1n) is 11.0. The molecule has 0 radical (unpaired) electrons. The first-order valence-corrected chi connectivity index (χ1v) is 11.0. The molecule has 0 N–H and O–H groups in total. The molecule has 1 aliphatic heterocycles. The summed E-state index contributed by atoms with van der Waals surface area (Å²) in [6, 6.07) is 12.0. The smallest absolute Gasteiger partial charge is 0.337 e. The fourth-order valence-electron chi connectivity index (χ4n) is 4.10. The van der Waals surface area contributed by atoms with Crippen LogP contribution >= 0.6 is 0 Å². The van der Waals surface area contributed by atoms with Crippen LogP contribution in [0.4, 0.5) is 0 Å². The highest BCUT2D eigenvalue weighted by Gasteiger charge is 2.38. The monoisotopic (exact) mass is 479 g/mol. The number of ether oxygens (including phenoxy) is 4. The van der Waals surface area contributed by atoms with E-state index in [-0.39, 0.29) is 25.5 Å². The molecule has 0 aromatic heterocycles. The topological polar surface area (TPSA) is 91.4 Å². The third-order valence-corrected chi connectivity index (χ3v) is 5.90. The van der Waals surface area contributed by atoms with Gasteiger partial charge in [0.25, 0.3) is 0 Å². The number of hydrogen-bond acceptors (Lipinski definition) is 7. The summed E-state index contributed by atoms with van der Waals surface area (Å²) >= 11 is 0. The Hall–Kier alpha value is -4.07. The maximum absolute atomic E-state index is 13.3. The van der Waals surface area contributed by atoms with E-state index in [0.717, 1.165) is 5.56 Å². The van der Waals surface area contributed by atoms with Crippen molar-refractivity contribution in [3.8, 4) is 11.5 Å². The van der Waals surface area contributed by atoms with Gasteiger partial charge >= 0.3 is 11.9 Å². The van der Waals surface area contributed by atoms with Gasteiger partial charge in [-0.15, -0.1) is 0 Å². The molecule has 1 unspecified atom stereocenters. The van der Waals surface area contributed by atoms with Crippen LogP contribution in [-0.2, 0) is 25.6 Å². The summed E-state index contributed by atoms with van der Waals surface area (Å²) < 4.78 is 21.0. The fourth-order valence-corrected chi connectivity index (χ4v) is 4.10. The van der Waals surface area contributed by atoms with Gasteiger partial charge in [-0.2, -0.15) is 0 Å². The quantitative estimate of drug-likeness (QED) is 0.396. The molecule has 1 aliphatic rings. The van der Waals surface area contributed by atoms with E-state index in [1.807, 2.05) is 0 Å². The third-order valence-electron chi connectivity index (χ3n) is 5.90. The third kappa shape index (κ3) is 5.54. The van der Waals surface area contributed by atoms with Gasteiger partial charge in [-0.1, -0.05) is 24.8 Å². The maximum atomic E-state index is 13.3. The number of carbonyl (C=O) groups excluding carboxylic acids is 3. The van der Waals surface area contributed by atoms with Crippen LogP contribution in [0.1, 0.15) is 40.7 Å². The lowest BCUT2D eigenvalue weighted by molar-refractivity contribution is -0.139. The maximum Gasteiger partial charge on any atom is 0.337 e. The van der Waals surface area contributed by atoms with Gasteiger partial charge in [-0.05, 0) is 42.8 Å². The molecule has 0 aliphatic carbocycles. The fraction of sp³-hybridized carbons (Fsp3) is 0.296. The molecule has 8 nitrogen and oxygen atoms in total. The molecule has 0 fully saturated rings. The van der Waals surface area contributed by atoms with Gasteiger partial charge in [0.1, 0.15) is 18.1 Å². The van der Waals surface area contributed by atoms with Crippen LogP contribution in [0, 0.1) is 0 Å². The van der Waals surface area contributed by atoms with Crippen molar-refractivity contribution in [3.63, 3.8) is 0 Å². The minimum absolute atomic E-state index is 0.0413. The molecule has 0 bridgehead atoms. The lowest BCUT2D eigenvalue weighted by Crippen LogP contribution is -2.38. The number of hydrogen-bond donors (Lipinski definition) is 0. The average Bonchev–Trinajstić information content (AvgIpc) is 2.88. The van der Waals surface area contributed by atoms with E-state index < -0.39 is 17.9 Å². The highest BCUT2D eigenvalue weighted by molar-refractivity contribution is 5.96. The molecular weight excluding hydrogens is 450 g/mol. The Labute approximate surface area is 204 Å². The number of amides is 1. The summed E-state index contributed by atoms with van der Waals surface area (Å²) in [6.45, 7) is 5.60. The summed E-state index contributed by atoms with van der Waals surface area (Å²) in [7, 11) is 4.40. The second kappa shape index (κ2) is 11.4. The number of carbonyl (C=O) groups is 3. The summed E-state index contributed by atoms with van der Waals surface area (Å²) in [4.78, 5) is 39.8. The molecule has 0 saturated heterocycles. The molecule has 0 spiro atoms. The second-order valence-corrected chi connectivity index (χ2v) is 7.92. The normalized spacial score (nSPS) is 15.5. The Balaban J connectivity index is 2.04. The standard InChI is InChI=1S/C27H29NO7/c1-6-13-35-27(31)25-17(2)28(16-18-7-9-19(10-8-18)26(30)34-5)24(29)15-22(25)21-14-20(32-3)11-12-23(21)33-4/h6-12,14,22H,1,13,15-16H2,2-5H3. The SMILES string of the molecule is C=CCOC(=O)C1=C(C)N(Cc2ccc(C(=O)OC)cc2)C(=O)CC1c1cc(OC)ccc1OC. The lowest BCUT2D eigenvalue weighted by Gasteiger charge is -2.35. The van der Waals surface area contributed by atoms with Crippen LogP contribution in [0.2, 0.25) is 0 Å². The highest BCUT2D eigenvalue weighted by atomic mass is 16.5. The molecule has 1 atom stereocenters. The van der Waals surface area contributed by atoms with Gasteiger partial charge in [0.2, 0.25) is 5.91 Å². The van der Waals surface area contributed by atoms with Crippen molar-refractivity contribution in [1.82, 2.24) is 4.90 Å². The Morgan fingerprint density at radius 2 is 1.77 bits per heavy atom. The molecule has 1 heterocycles. The Kier molecular flexibility index (Phi) is 8.30. The molecule has 3 rings (SSSR count). The number of benzene rings is 2. The first-order chi connectivity index (χ1) is 16.8. The van der Waals surface area contributed by atoms with Crippen molar-refractivity contribution in [2.75, 3.05) is 27.9 Å². The minimum Gasteiger partial charge on any atom is -0.497 e. The first kappa shape index (κ1) is 25.6. The van der Waals surface area contributed by atoms with E-state index >= 15 is 0 Å². The van der Waals surface area contributed by atoms with Crippen LogP contribution in [0.3, 0.4) is 0 Å². The number of methoxy groups -OCH3 is 3. The highest BCUT2D eigenvalue weighted by Crippen LogP contribution is 2.42. The Morgan fingerprint density at radius 1 is 1.06 bits per heavy atom. The van der Waals surface area contributed by atoms with Gasteiger partial charge in [-0.25, -0.2) is 9.59 Å². The number of allylic oxidation sites excluding steroid dienone is 1. The van der Waals surface area contributed by atoms with Crippen LogP contribution < -0.4 is 9.47 Å². The molecular formula is C27H29NO7. The van der Waals surface area contributed by atoms with E-state index in [4.69, 9.17) is 18.9 Å². The van der Waals surface area contributed by atoms with E-state index in [9.17, 15) is 14.4 Å². The zero-order chi connectivity index (χ0) is 25.5. The van der Waals surface area contributed by atoms with E-state index in [1.165, 1.54) is 20.3 Å². The van der Waals surface area contributed by atoms with Gasteiger partial charge in [-0.3, -0.25) is 4.79 Å². The zero-order valence-corrected chi connectivity index (χ0v) is 20.3. The average molecular weight is 480 g/mol. The van der Waals surface area contributed by atoms with Crippen molar-refractivity contribution >= 4 is 17.8 Å². The van der Waals surface area contributed by atoms with Crippen molar-refractivity contribution in [1.29, 1.82) is 0 Å². The second-order valence-electron chi connectivity index (χ2n) is 7.92. The van der Waals surface area contributed by atoms with Crippen molar-refractivity contribution in [2.24, 2.45) is 0 Å². The van der Waals surface area contributed by atoms with Crippen molar-refractivity contribution in [2.45, 2.75) is 25.8 Å². The molecule has 8 heteroatoms. The van der Waals surface area contributed by atoms with E-state index in [2.05, 4.69) is 6.58 Å². The van der Waals surface area contributed by atoms with Gasteiger partial charge in [0.15, 0.2) is 0 Å². The molecule has 0 saturated carbocycles. The summed E-state index contributed by atoms with van der Waals surface area (Å²) in [5, 5.41) is 0. The largest absolute Gasteiger partial charge is 0.497 e. The lowest BCUT2D eigenvalue weighted by atomic mass is 9.83. The minimum atomic E-state index is -0.581. The Morgan fingerprint density at radius 3 is 2.37 bits per heavy atom. The van der Waals surface area contributed by atoms with Gasteiger partial charge in [0.05, 0.1) is 39.0 Å². The molecule has 1 amide bonds. The molecule has 35 heavy (non-hydrogen) atoms. The van der Waals surface area contributed by atoms with E-state index in [0.29, 0.717) is 33.9 Å². The summed E-state index contributed by atoms with van der Waals surface area (Å²) in [5.41, 5.74) is 2.72. The number of esters is 2. The zero-order valence-electron chi connectivity index (χ0n) is 20.3. The van der Waals surface area contributed by atoms with Crippen molar-refractivity contribution < 1.29 is 33.3 Å².